The number of amides is 1. The van der Waals surface area contributed by atoms with Crippen LogP contribution >= 0.6 is 11.8 Å². The molecule has 1 aromatic carbocycles. The van der Waals surface area contributed by atoms with E-state index in [9.17, 15) is 4.79 Å². The number of likely N-dealkylation sites (N-methyl/N-ethyl adjacent to an activating group) is 1. The summed E-state index contributed by atoms with van der Waals surface area (Å²) in [6.07, 6.45) is 1.08. The van der Waals surface area contributed by atoms with Crippen LogP contribution in [0.5, 0.6) is 0 Å². The van der Waals surface area contributed by atoms with Crippen LogP contribution in [-0.2, 0) is 5.75 Å². The first kappa shape index (κ1) is 22.6. The fourth-order valence-electron chi connectivity index (χ4n) is 3.60. The highest BCUT2D eigenvalue weighted by atomic mass is 32.2. The van der Waals surface area contributed by atoms with Gasteiger partial charge in [0.05, 0.1) is 0 Å². The molecule has 0 radical (unpaired) electrons. The van der Waals surface area contributed by atoms with Crippen LogP contribution in [0.15, 0.2) is 29.4 Å². The van der Waals surface area contributed by atoms with Gasteiger partial charge in [0, 0.05) is 62.3 Å². The minimum Gasteiger partial charge on any atom is -0.359 e. The molecule has 0 N–H and O–H groups in total. The molecular formula is C23H33N5OS. The van der Waals surface area contributed by atoms with Gasteiger partial charge in [-0.25, -0.2) is 9.97 Å². The number of aryl methyl sites for hydroxylation is 1. The summed E-state index contributed by atoms with van der Waals surface area (Å²) in [5, 5.41) is 0.784. The van der Waals surface area contributed by atoms with E-state index in [1.165, 1.54) is 0 Å². The van der Waals surface area contributed by atoms with Crippen LogP contribution < -0.4 is 4.90 Å². The third kappa shape index (κ3) is 5.52. The summed E-state index contributed by atoms with van der Waals surface area (Å²) in [6, 6.07) is 7.97. The molecule has 162 valence electrons. The molecule has 3 rings (SSSR count). The molecule has 1 aliphatic heterocycles. The predicted molar refractivity (Wildman–Crippen MR) is 124 cm³/mol. The number of hydrogen-bond acceptors (Lipinski definition) is 6. The van der Waals surface area contributed by atoms with Crippen LogP contribution in [0.2, 0.25) is 0 Å². The molecule has 1 aliphatic rings. The Balaban J connectivity index is 1.69. The Morgan fingerprint density at radius 3 is 2.60 bits per heavy atom. The van der Waals surface area contributed by atoms with Gasteiger partial charge in [-0.3, -0.25) is 4.79 Å². The zero-order valence-corrected chi connectivity index (χ0v) is 19.6. The number of anilines is 1. The number of hydrogen-bond donors (Lipinski definition) is 0. The Hall–Kier alpha value is -2.12. The van der Waals surface area contributed by atoms with Crippen LogP contribution in [0.3, 0.4) is 0 Å². The second-order valence-electron chi connectivity index (χ2n) is 8.05. The second-order valence-corrected chi connectivity index (χ2v) is 8.99. The molecule has 30 heavy (non-hydrogen) atoms. The lowest BCUT2D eigenvalue weighted by Gasteiger charge is -2.32. The van der Waals surface area contributed by atoms with E-state index in [2.05, 4.69) is 48.8 Å². The molecule has 1 fully saturated rings. The molecule has 0 aliphatic carbocycles. The minimum atomic E-state index is 0.126. The van der Waals surface area contributed by atoms with Gasteiger partial charge in [0.2, 0.25) is 0 Å². The lowest BCUT2D eigenvalue weighted by molar-refractivity contribution is 0.0664. The van der Waals surface area contributed by atoms with E-state index >= 15 is 0 Å². The summed E-state index contributed by atoms with van der Waals surface area (Å²) < 4.78 is 0. The van der Waals surface area contributed by atoms with Gasteiger partial charge < -0.3 is 14.7 Å². The van der Waals surface area contributed by atoms with Gasteiger partial charge >= 0.3 is 0 Å². The summed E-state index contributed by atoms with van der Waals surface area (Å²) in [4.78, 5) is 28.8. The third-order valence-corrected chi connectivity index (χ3v) is 6.51. The molecule has 0 saturated carbocycles. The highest BCUT2D eigenvalue weighted by Gasteiger charge is 2.20. The van der Waals surface area contributed by atoms with Gasteiger partial charge in [0.1, 0.15) is 5.82 Å². The Morgan fingerprint density at radius 1 is 1.17 bits per heavy atom. The van der Waals surface area contributed by atoms with E-state index in [1.807, 2.05) is 30.0 Å². The molecule has 1 saturated heterocycles. The second kappa shape index (κ2) is 10.3. The van der Waals surface area contributed by atoms with E-state index in [-0.39, 0.29) is 5.91 Å². The van der Waals surface area contributed by atoms with Gasteiger partial charge in [0.25, 0.3) is 5.91 Å². The molecule has 0 bridgehead atoms. The predicted octanol–water partition coefficient (Wildman–Crippen LogP) is 3.62. The average Bonchev–Trinajstić information content (AvgIpc) is 2.75. The first-order valence-electron chi connectivity index (χ1n) is 10.6. The van der Waals surface area contributed by atoms with Crippen molar-refractivity contribution in [2.24, 2.45) is 0 Å². The van der Waals surface area contributed by atoms with Crippen LogP contribution in [-0.4, -0.2) is 72.5 Å². The SMILES string of the molecule is CCCN(C)c1nc(SCc2cccc(C(=O)N3CCN(C)CC3)c2)nc(C)c1C. The number of aromatic nitrogens is 2. The van der Waals surface area contributed by atoms with Gasteiger partial charge in [-0.1, -0.05) is 30.8 Å². The summed E-state index contributed by atoms with van der Waals surface area (Å²) in [5.41, 5.74) is 4.03. The van der Waals surface area contributed by atoms with Crippen molar-refractivity contribution in [3.8, 4) is 0 Å². The third-order valence-electron chi connectivity index (χ3n) is 5.60. The highest BCUT2D eigenvalue weighted by Crippen LogP contribution is 2.26. The van der Waals surface area contributed by atoms with E-state index in [4.69, 9.17) is 4.98 Å². The fourth-order valence-corrected chi connectivity index (χ4v) is 4.43. The van der Waals surface area contributed by atoms with E-state index in [0.717, 1.165) is 78.3 Å². The minimum absolute atomic E-state index is 0.126. The van der Waals surface area contributed by atoms with E-state index in [1.54, 1.807) is 11.8 Å². The highest BCUT2D eigenvalue weighted by molar-refractivity contribution is 7.98. The van der Waals surface area contributed by atoms with Crippen LogP contribution in [0.1, 0.15) is 40.5 Å². The molecule has 1 amide bonds. The molecular weight excluding hydrogens is 394 g/mol. The quantitative estimate of drug-likeness (QED) is 0.497. The average molecular weight is 428 g/mol. The van der Waals surface area contributed by atoms with E-state index < -0.39 is 0 Å². The van der Waals surface area contributed by atoms with Gasteiger partial charge in [0.15, 0.2) is 5.16 Å². The summed E-state index contributed by atoms with van der Waals surface area (Å²) in [6.45, 7) is 10.7. The van der Waals surface area contributed by atoms with Crippen molar-refractivity contribution in [1.29, 1.82) is 0 Å². The number of nitrogens with zero attached hydrogens (tertiary/aromatic N) is 5. The summed E-state index contributed by atoms with van der Waals surface area (Å²) in [5.74, 6) is 1.87. The molecule has 2 aromatic rings. The Morgan fingerprint density at radius 2 is 1.90 bits per heavy atom. The number of carbonyl (C=O) groups excluding carboxylic acids is 1. The van der Waals surface area contributed by atoms with Crippen molar-refractivity contribution < 1.29 is 4.79 Å². The molecule has 6 nitrogen and oxygen atoms in total. The van der Waals surface area contributed by atoms with Crippen LogP contribution in [0.4, 0.5) is 5.82 Å². The maximum absolute atomic E-state index is 12.9. The van der Waals surface area contributed by atoms with Crippen LogP contribution in [0, 0.1) is 13.8 Å². The Bertz CT molecular complexity index is 880. The first-order chi connectivity index (χ1) is 14.4. The van der Waals surface area contributed by atoms with Gasteiger partial charge in [-0.15, -0.1) is 0 Å². The van der Waals surface area contributed by atoms with E-state index in [0.29, 0.717) is 0 Å². The monoisotopic (exact) mass is 427 g/mol. The maximum Gasteiger partial charge on any atom is 0.253 e. The number of piperazine rings is 1. The van der Waals surface area contributed by atoms with Gasteiger partial charge in [-0.2, -0.15) is 0 Å². The zero-order valence-electron chi connectivity index (χ0n) is 18.8. The zero-order chi connectivity index (χ0) is 21.7. The molecule has 1 aromatic heterocycles. The standard InChI is InChI=1S/C23H33N5OS/c1-6-10-27(5)21-17(2)18(3)24-23(25-21)30-16-19-8-7-9-20(15-19)22(29)28-13-11-26(4)12-14-28/h7-9,15H,6,10-14,16H2,1-5H3. The van der Waals surface area contributed by atoms with Crippen molar-refractivity contribution in [3.05, 3.63) is 46.6 Å². The topological polar surface area (TPSA) is 52.6 Å². The van der Waals surface area contributed by atoms with Crippen molar-refractivity contribution >= 4 is 23.5 Å². The molecule has 0 unspecified atom stereocenters. The molecule has 7 heteroatoms. The lowest BCUT2D eigenvalue weighted by Crippen LogP contribution is -2.47. The normalized spacial score (nSPS) is 14.8. The Kier molecular flexibility index (Phi) is 7.72. The van der Waals surface area contributed by atoms with Gasteiger partial charge in [-0.05, 0) is 45.0 Å². The van der Waals surface area contributed by atoms with Crippen molar-refractivity contribution in [3.63, 3.8) is 0 Å². The van der Waals surface area contributed by atoms with Crippen LogP contribution in [0.25, 0.3) is 0 Å². The number of rotatable bonds is 7. The molecule has 2 heterocycles. The largest absolute Gasteiger partial charge is 0.359 e. The van der Waals surface area contributed by atoms with Crippen molar-refractivity contribution in [2.75, 3.05) is 51.7 Å². The summed E-state index contributed by atoms with van der Waals surface area (Å²) >= 11 is 1.62. The lowest BCUT2D eigenvalue weighted by atomic mass is 10.1. The van der Waals surface area contributed by atoms with Crippen molar-refractivity contribution in [2.45, 2.75) is 38.1 Å². The van der Waals surface area contributed by atoms with Crippen molar-refractivity contribution in [1.82, 2.24) is 19.8 Å². The molecule has 0 atom stereocenters. The maximum atomic E-state index is 12.9. The number of thioether (sulfide) groups is 1. The fraction of sp³-hybridized carbons (Fsp3) is 0.522. The molecule has 0 spiro atoms. The number of carbonyl (C=O) groups is 1. The first-order valence-corrected chi connectivity index (χ1v) is 11.6. The Labute approximate surface area is 184 Å². The smallest absolute Gasteiger partial charge is 0.253 e. The summed E-state index contributed by atoms with van der Waals surface area (Å²) in [7, 11) is 4.18. The number of benzene rings is 1.